The zero-order valence-corrected chi connectivity index (χ0v) is 15.1. The summed E-state index contributed by atoms with van der Waals surface area (Å²) in [6.45, 7) is 5.83. The molecule has 0 bridgehead atoms. The van der Waals surface area contributed by atoms with E-state index in [4.69, 9.17) is 9.47 Å². The first kappa shape index (κ1) is 19.0. The van der Waals surface area contributed by atoms with E-state index in [1.54, 1.807) is 20.3 Å². The first-order chi connectivity index (χ1) is 12.1. The molecule has 1 heterocycles. The van der Waals surface area contributed by atoms with Gasteiger partial charge in [-0.15, -0.1) is 0 Å². The van der Waals surface area contributed by atoms with Gasteiger partial charge in [-0.3, -0.25) is 9.69 Å². The molecule has 2 N–H and O–H groups in total. The number of methoxy groups -OCH3 is 2. The Morgan fingerprint density at radius 2 is 1.92 bits per heavy atom. The van der Waals surface area contributed by atoms with Crippen LogP contribution in [0.4, 0.5) is 0 Å². The van der Waals surface area contributed by atoms with Crippen molar-refractivity contribution in [3.63, 3.8) is 0 Å². The third kappa shape index (κ3) is 5.92. The highest BCUT2D eigenvalue weighted by Gasteiger charge is 2.16. The van der Waals surface area contributed by atoms with Gasteiger partial charge < -0.3 is 20.1 Å². The Balaban J connectivity index is 1.84. The van der Waals surface area contributed by atoms with E-state index in [2.05, 4.69) is 15.5 Å². The van der Waals surface area contributed by atoms with E-state index in [9.17, 15) is 4.79 Å². The molecule has 1 aromatic carbocycles. The number of carbonyl (C=O) groups excluding carboxylic acids is 1. The van der Waals surface area contributed by atoms with Crippen LogP contribution in [0.2, 0.25) is 0 Å². The SMILES string of the molecule is COc1ccc(/C=C/C=C/C(=O)NC(C)N2CCNCC2)cc1OC. The summed E-state index contributed by atoms with van der Waals surface area (Å²) in [6, 6.07) is 5.66. The maximum atomic E-state index is 12.0. The van der Waals surface area contributed by atoms with E-state index in [0.29, 0.717) is 11.5 Å². The quantitative estimate of drug-likeness (QED) is 0.581. The molecule has 1 saturated heterocycles. The first-order valence-electron chi connectivity index (χ1n) is 8.46. The molecule has 1 fully saturated rings. The number of carbonyl (C=O) groups is 1. The number of benzene rings is 1. The molecule has 6 nitrogen and oxygen atoms in total. The lowest BCUT2D eigenvalue weighted by atomic mass is 10.2. The van der Waals surface area contributed by atoms with Gasteiger partial charge in [0.05, 0.1) is 20.4 Å². The van der Waals surface area contributed by atoms with Crippen LogP contribution in [0, 0.1) is 0 Å². The van der Waals surface area contributed by atoms with Crippen LogP contribution in [-0.4, -0.2) is 57.4 Å². The largest absolute Gasteiger partial charge is 0.493 e. The molecule has 2 rings (SSSR count). The van der Waals surface area contributed by atoms with E-state index >= 15 is 0 Å². The van der Waals surface area contributed by atoms with Gasteiger partial charge in [-0.25, -0.2) is 0 Å². The molecule has 0 radical (unpaired) electrons. The summed E-state index contributed by atoms with van der Waals surface area (Å²) in [4.78, 5) is 14.2. The minimum atomic E-state index is -0.0944. The number of nitrogens with zero attached hydrogens (tertiary/aromatic N) is 1. The molecule has 0 saturated carbocycles. The van der Waals surface area contributed by atoms with Crippen LogP contribution in [0.25, 0.3) is 6.08 Å². The minimum Gasteiger partial charge on any atom is -0.493 e. The van der Waals surface area contributed by atoms with Crippen molar-refractivity contribution in [2.75, 3.05) is 40.4 Å². The van der Waals surface area contributed by atoms with Crippen LogP contribution >= 0.6 is 0 Å². The Bertz CT molecular complexity index is 622. The van der Waals surface area contributed by atoms with Crippen LogP contribution in [-0.2, 0) is 4.79 Å². The summed E-state index contributed by atoms with van der Waals surface area (Å²) in [5, 5.41) is 6.28. The van der Waals surface area contributed by atoms with Crippen molar-refractivity contribution in [2.45, 2.75) is 13.1 Å². The van der Waals surface area contributed by atoms with Crippen molar-refractivity contribution in [2.24, 2.45) is 0 Å². The molecule has 0 aliphatic carbocycles. The van der Waals surface area contributed by atoms with Gasteiger partial charge in [-0.05, 0) is 24.6 Å². The molecule has 136 valence electrons. The summed E-state index contributed by atoms with van der Waals surface area (Å²) in [6.07, 6.45) is 7.04. The van der Waals surface area contributed by atoms with E-state index in [-0.39, 0.29) is 12.1 Å². The number of rotatable bonds is 7. The second kappa shape index (κ2) is 9.86. The number of allylic oxidation sites excluding steroid dienone is 2. The second-order valence-corrected chi connectivity index (χ2v) is 5.80. The number of amides is 1. The summed E-state index contributed by atoms with van der Waals surface area (Å²) in [5.74, 6) is 1.27. The van der Waals surface area contributed by atoms with E-state index in [0.717, 1.165) is 31.7 Å². The fourth-order valence-electron chi connectivity index (χ4n) is 2.68. The van der Waals surface area contributed by atoms with E-state index < -0.39 is 0 Å². The molecule has 1 unspecified atom stereocenters. The maximum absolute atomic E-state index is 12.0. The summed E-state index contributed by atoms with van der Waals surface area (Å²) >= 11 is 0. The van der Waals surface area contributed by atoms with Gasteiger partial charge >= 0.3 is 0 Å². The molecule has 6 heteroatoms. The van der Waals surface area contributed by atoms with E-state index in [1.807, 2.05) is 37.3 Å². The van der Waals surface area contributed by atoms with Crippen LogP contribution in [0.3, 0.4) is 0 Å². The number of ether oxygens (including phenoxy) is 2. The lowest BCUT2D eigenvalue weighted by molar-refractivity contribution is -0.118. The summed E-state index contributed by atoms with van der Waals surface area (Å²) in [7, 11) is 3.21. The number of hydrogen-bond donors (Lipinski definition) is 2. The first-order valence-corrected chi connectivity index (χ1v) is 8.46. The van der Waals surface area contributed by atoms with Crippen molar-refractivity contribution in [1.29, 1.82) is 0 Å². The lowest BCUT2D eigenvalue weighted by Gasteiger charge is -2.32. The standard InChI is InChI=1S/C19H27N3O3/c1-15(22-12-10-20-11-13-22)21-19(23)7-5-4-6-16-8-9-17(24-2)18(14-16)25-3/h4-9,14-15,20H,10-13H2,1-3H3,(H,21,23)/b6-4+,7-5+. The van der Waals surface area contributed by atoms with Gasteiger partial charge in [-0.1, -0.05) is 24.3 Å². The number of piperazine rings is 1. The highest BCUT2D eigenvalue weighted by atomic mass is 16.5. The molecular formula is C19H27N3O3. The van der Waals surface area contributed by atoms with Crippen LogP contribution < -0.4 is 20.1 Å². The Hall–Kier alpha value is -2.31. The second-order valence-electron chi connectivity index (χ2n) is 5.80. The average Bonchev–Trinajstić information content (AvgIpc) is 2.65. The predicted octanol–water partition coefficient (Wildman–Crippen LogP) is 1.64. The smallest absolute Gasteiger partial charge is 0.245 e. The third-order valence-corrected chi connectivity index (χ3v) is 4.11. The third-order valence-electron chi connectivity index (χ3n) is 4.11. The molecule has 0 aromatic heterocycles. The molecular weight excluding hydrogens is 318 g/mol. The van der Waals surface area contributed by atoms with Crippen molar-refractivity contribution in [1.82, 2.24) is 15.5 Å². The molecule has 25 heavy (non-hydrogen) atoms. The minimum absolute atomic E-state index is 0.0362. The van der Waals surface area contributed by atoms with Gasteiger partial charge in [0.1, 0.15) is 0 Å². The summed E-state index contributed by atoms with van der Waals surface area (Å²) < 4.78 is 10.5. The Morgan fingerprint density at radius 3 is 2.60 bits per heavy atom. The van der Waals surface area contributed by atoms with Gasteiger partial charge in [-0.2, -0.15) is 0 Å². The molecule has 1 atom stereocenters. The zero-order valence-electron chi connectivity index (χ0n) is 15.1. The van der Waals surface area contributed by atoms with Gasteiger partial charge in [0.15, 0.2) is 11.5 Å². The predicted molar refractivity (Wildman–Crippen MR) is 99.8 cm³/mol. The van der Waals surface area contributed by atoms with Crippen molar-refractivity contribution >= 4 is 12.0 Å². The Morgan fingerprint density at radius 1 is 1.20 bits per heavy atom. The summed E-state index contributed by atoms with van der Waals surface area (Å²) in [5.41, 5.74) is 0.969. The number of nitrogens with one attached hydrogen (secondary N) is 2. The highest BCUT2D eigenvalue weighted by molar-refractivity contribution is 5.88. The molecule has 1 aliphatic heterocycles. The Kier molecular flexibility index (Phi) is 7.50. The van der Waals surface area contributed by atoms with Crippen LogP contribution in [0.5, 0.6) is 11.5 Å². The van der Waals surface area contributed by atoms with Crippen molar-refractivity contribution in [3.8, 4) is 11.5 Å². The van der Waals surface area contributed by atoms with Crippen LogP contribution in [0.15, 0.2) is 36.4 Å². The highest BCUT2D eigenvalue weighted by Crippen LogP contribution is 2.27. The fourth-order valence-corrected chi connectivity index (χ4v) is 2.68. The molecule has 1 aliphatic rings. The molecule has 0 spiro atoms. The maximum Gasteiger partial charge on any atom is 0.245 e. The fraction of sp³-hybridized carbons (Fsp3) is 0.421. The van der Waals surface area contributed by atoms with Crippen LogP contribution in [0.1, 0.15) is 12.5 Å². The normalized spacial score (nSPS) is 16.9. The topological polar surface area (TPSA) is 62.8 Å². The molecule has 1 amide bonds. The van der Waals surface area contributed by atoms with Gasteiger partial charge in [0.25, 0.3) is 0 Å². The monoisotopic (exact) mass is 345 g/mol. The van der Waals surface area contributed by atoms with Gasteiger partial charge in [0, 0.05) is 32.3 Å². The Labute approximate surface area is 149 Å². The molecule has 1 aromatic rings. The van der Waals surface area contributed by atoms with Crippen molar-refractivity contribution in [3.05, 3.63) is 42.0 Å². The lowest BCUT2D eigenvalue weighted by Crippen LogP contribution is -2.53. The van der Waals surface area contributed by atoms with Crippen molar-refractivity contribution < 1.29 is 14.3 Å². The van der Waals surface area contributed by atoms with Gasteiger partial charge in [0.2, 0.25) is 5.91 Å². The van der Waals surface area contributed by atoms with E-state index in [1.165, 1.54) is 6.08 Å². The number of hydrogen-bond acceptors (Lipinski definition) is 5. The average molecular weight is 345 g/mol. The zero-order chi connectivity index (χ0) is 18.1.